The second kappa shape index (κ2) is 8.44. The number of nitrogens with one attached hydrogen (secondary N) is 1. The van der Waals surface area contributed by atoms with Gasteiger partial charge in [-0.05, 0) is 37.6 Å². The quantitative estimate of drug-likeness (QED) is 0.833. The van der Waals surface area contributed by atoms with Gasteiger partial charge in [0, 0.05) is 5.02 Å². The number of para-hydroxylation sites is 2. The first-order valence-electron chi connectivity index (χ1n) is 7.50. The molecule has 23 heavy (non-hydrogen) atoms. The molecule has 1 amide bonds. The number of carbonyl (C=O) groups excluding carboxylic acids is 1. The highest BCUT2D eigenvalue weighted by Crippen LogP contribution is 2.26. The Balaban J connectivity index is 1.92. The predicted molar refractivity (Wildman–Crippen MR) is 91.1 cm³/mol. The summed E-state index contributed by atoms with van der Waals surface area (Å²) >= 11 is 6.13. The van der Waals surface area contributed by atoms with Crippen molar-refractivity contribution < 1.29 is 14.3 Å². The molecule has 2 aromatic rings. The van der Waals surface area contributed by atoms with E-state index >= 15 is 0 Å². The Kier molecular flexibility index (Phi) is 6.29. The van der Waals surface area contributed by atoms with Gasteiger partial charge >= 0.3 is 0 Å². The van der Waals surface area contributed by atoms with E-state index in [9.17, 15) is 4.79 Å². The van der Waals surface area contributed by atoms with Crippen LogP contribution in [0.2, 0.25) is 5.02 Å². The predicted octanol–water partition coefficient (Wildman–Crippen LogP) is 3.99. The lowest BCUT2D eigenvalue weighted by atomic mass is 10.1. The van der Waals surface area contributed by atoms with Crippen molar-refractivity contribution in [1.29, 1.82) is 0 Å². The molecule has 2 rings (SSSR count). The minimum absolute atomic E-state index is 0.0844. The summed E-state index contributed by atoms with van der Waals surface area (Å²) < 4.78 is 11.0. The van der Waals surface area contributed by atoms with E-state index in [4.69, 9.17) is 21.1 Å². The lowest BCUT2D eigenvalue weighted by Crippen LogP contribution is -2.31. The second-order valence-corrected chi connectivity index (χ2v) is 5.39. The first-order valence-corrected chi connectivity index (χ1v) is 7.88. The largest absolute Gasteiger partial charge is 0.490 e. The standard InChI is InChI=1S/C18H20ClNO3/c1-3-22-16-10-6-7-11-17(16)23-12-18(21)20-13(2)14-8-4-5-9-15(14)19/h4-11,13H,3,12H2,1-2H3,(H,20,21). The van der Waals surface area contributed by atoms with Crippen LogP contribution in [0, 0.1) is 0 Å². The average Bonchev–Trinajstić information content (AvgIpc) is 2.54. The highest BCUT2D eigenvalue weighted by Gasteiger charge is 2.13. The Hall–Kier alpha value is -2.20. The van der Waals surface area contributed by atoms with Crippen molar-refractivity contribution in [2.24, 2.45) is 0 Å². The molecule has 0 radical (unpaired) electrons. The molecule has 1 unspecified atom stereocenters. The van der Waals surface area contributed by atoms with Gasteiger partial charge < -0.3 is 14.8 Å². The molecule has 0 fully saturated rings. The van der Waals surface area contributed by atoms with Crippen LogP contribution < -0.4 is 14.8 Å². The fourth-order valence-corrected chi connectivity index (χ4v) is 2.47. The first-order chi connectivity index (χ1) is 11.1. The van der Waals surface area contributed by atoms with Crippen molar-refractivity contribution in [3.05, 3.63) is 59.1 Å². The topological polar surface area (TPSA) is 47.6 Å². The molecule has 0 bridgehead atoms. The molecule has 1 atom stereocenters. The molecular weight excluding hydrogens is 314 g/mol. The minimum Gasteiger partial charge on any atom is -0.490 e. The highest BCUT2D eigenvalue weighted by molar-refractivity contribution is 6.31. The SMILES string of the molecule is CCOc1ccccc1OCC(=O)NC(C)c1ccccc1Cl. The van der Waals surface area contributed by atoms with Crippen LogP contribution >= 0.6 is 11.6 Å². The van der Waals surface area contributed by atoms with E-state index in [0.29, 0.717) is 23.1 Å². The molecule has 0 saturated carbocycles. The highest BCUT2D eigenvalue weighted by atomic mass is 35.5. The summed E-state index contributed by atoms with van der Waals surface area (Å²) in [6.07, 6.45) is 0. The Morgan fingerprint density at radius 3 is 2.35 bits per heavy atom. The maximum atomic E-state index is 12.1. The number of rotatable bonds is 7. The van der Waals surface area contributed by atoms with Crippen LogP contribution in [0.15, 0.2) is 48.5 Å². The van der Waals surface area contributed by atoms with Crippen molar-refractivity contribution in [3.63, 3.8) is 0 Å². The number of carbonyl (C=O) groups is 1. The van der Waals surface area contributed by atoms with Crippen LogP contribution in [0.25, 0.3) is 0 Å². The van der Waals surface area contributed by atoms with Crippen LogP contribution in [0.4, 0.5) is 0 Å². The molecule has 2 aromatic carbocycles. The fourth-order valence-electron chi connectivity index (χ4n) is 2.17. The van der Waals surface area contributed by atoms with Crippen molar-refractivity contribution in [2.45, 2.75) is 19.9 Å². The van der Waals surface area contributed by atoms with Crippen LogP contribution in [0.3, 0.4) is 0 Å². The lowest BCUT2D eigenvalue weighted by Gasteiger charge is -2.16. The van der Waals surface area contributed by atoms with E-state index in [1.807, 2.05) is 50.2 Å². The monoisotopic (exact) mass is 333 g/mol. The summed E-state index contributed by atoms with van der Waals surface area (Å²) in [5.74, 6) is 0.959. The molecule has 0 aromatic heterocycles. The molecule has 0 aliphatic rings. The lowest BCUT2D eigenvalue weighted by molar-refractivity contribution is -0.123. The van der Waals surface area contributed by atoms with Crippen LogP contribution in [0.1, 0.15) is 25.5 Å². The van der Waals surface area contributed by atoms with Crippen molar-refractivity contribution >= 4 is 17.5 Å². The number of benzene rings is 2. The number of hydrogen-bond acceptors (Lipinski definition) is 3. The summed E-state index contributed by atoms with van der Waals surface area (Å²) in [6.45, 7) is 4.23. The van der Waals surface area contributed by atoms with E-state index in [1.54, 1.807) is 12.1 Å². The molecule has 4 nitrogen and oxygen atoms in total. The molecule has 0 aliphatic carbocycles. The average molecular weight is 334 g/mol. The second-order valence-electron chi connectivity index (χ2n) is 4.98. The molecule has 122 valence electrons. The summed E-state index contributed by atoms with van der Waals surface area (Å²) in [5, 5.41) is 3.50. The third-order valence-corrected chi connectivity index (χ3v) is 3.60. The Morgan fingerprint density at radius 2 is 1.70 bits per heavy atom. The Morgan fingerprint density at radius 1 is 1.09 bits per heavy atom. The summed E-state index contributed by atoms with van der Waals surface area (Å²) in [5.41, 5.74) is 0.872. The molecule has 0 heterocycles. The van der Waals surface area contributed by atoms with Gasteiger partial charge in [0.15, 0.2) is 18.1 Å². The van der Waals surface area contributed by atoms with Crippen LogP contribution in [0.5, 0.6) is 11.5 Å². The first kappa shape index (κ1) is 17.2. The van der Waals surface area contributed by atoms with Crippen molar-refractivity contribution in [1.82, 2.24) is 5.32 Å². The van der Waals surface area contributed by atoms with Gasteiger partial charge in [0.2, 0.25) is 0 Å². The smallest absolute Gasteiger partial charge is 0.258 e. The molecule has 0 aliphatic heterocycles. The molecule has 0 saturated heterocycles. The van der Waals surface area contributed by atoms with Crippen molar-refractivity contribution in [3.8, 4) is 11.5 Å². The van der Waals surface area contributed by atoms with Gasteiger partial charge in [0.25, 0.3) is 5.91 Å². The number of amides is 1. The third kappa shape index (κ3) is 4.89. The van der Waals surface area contributed by atoms with Gasteiger partial charge in [-0.15, -0.1) is 0 Å². The molecule has 5 heteroatoms. The zero-order chi connectivity index (χ0) is 16.7. The van der Waals surface area contributed by atoms with Gasteiger partial charge in [0.05, 0.1) is 12.6 Å². The minimum atomic E-state index is -0.219. The van der Waals surface area contributed by atoms with Gasteiger partial charge in [-0.3, -0.25) is 4.79 Å². The summed E-state index contributed by atoms with van der Waals surface area (Å²) in [6, 6.07) is 14.5. The number of ether oxygens (including phenoxy) is 2. The fraction of sp³-hybridized carbons (Fsp3) is 0.278. The third-order valence-electron chi connectivity index (χ3n) is 3.26. The number of hydrogen-bond donors (Lipinski definition) is 1. The van der Waals surface area contributed by atoms with E-state index in [2.05, 4.69) is 5.32 Å². The zero-order valence-corrected chi connectivity index (χ0v) is 14.0. The molecule has 1 N–H and O–H groups in total. The normalized spacial score (nSPS) is 11.6. The van der Waals surface area contributed by atoms with Gasteiger partial charge in [-0.25, -0.2) is 0 Å². The molecule has 0 spiro atoms. The molecular formula is C18H20ClNO3. The maximum Gasteiger partial charge on any atom is 0.258 e. The Labute approximate surface area is 141 Å². The summed E-state index contributed by atoms with van der Waals surface area (Å²) in [4.78, 5) is 12.1. The van der Waals surface area contributed by atoms with Gasteiger partial charge in [-0.2, -0.15) is 0 Å². The van der Waals surface area contributed by atoms with E-state index in [0.717, 1.165) is 5.56 Å². The zero-order valence-electron chi connectivity index (χ0n) is 13.2. The van der Waals surface area contributed by atoms with Crippen molar-refractivity contribution in [2.75, 3.05) is 13.2 Å². The maximum absolute atomic E-state index is 12.1. The van der Waals surface area contributed by atoms with E-state index in [-0.39, 0.29) is 18.6 Å². The van der Waals surface area contributed by atoms with E-state index < -0.39 is 0 Å². The summed E-state index contributed by atoms with van der Waals surface area (Å²) in [7, 11) is 0. The Bertz CT molecular complexity index is 660. The van der Waals surface area contributed by atoms with Crippen LogP contribution in [-0.2, 0) is 4.79 Å². The van der Waals surface area contributed by atoms with Gasteiger partial charge in [-0.1, -0.05) is 41.9 Å². The van der Waals surface area contributed by atoms with E-state index in [1.165, 1.54) is 0 Å². The van der Waals surface area contributed by atoms with Crippen LogP contribution in [-0.4, -0.2) is 19.1 Å². The van der Waals surface area contributed by atoms with Gasteiger partial charge in [0.1, 0.15) is 0 Å². The number of halogens is 1.